The number of aliphatic hydroxyl groups is 5. The van der Waals surface area contributed by atoms with Crippen molar-refractivity contribution in [2.45, 2.75) is 436 Å². The van der Waals surface area contributed by atoms with Crippen molar-refractivity contribution in [3.63, 3.8) is 0 Å². The van der Waals surface area contributed by atoms with Gasteiger partial charge in [-0.2, -0.15) is 0 Å². The van der Waals surface area contributed by atoms with Gasteiger partial charge in [0.05, 0.1) is 25.4 Å². The van der Waals surface area contributed by atoms with E-state index < -0.39 is 67.4 Å². The Balaban J connectivity index is 2.48. The third-order valence-corrected chi connectivity index (χ3v) is 18.2. The lowest BCUT2D eigenvalue weighted by atomic mass is 9.99. The van der Waals surface area contributed by atoms with Gasteiger partial charge >= 0.3 is 5.97 Å². The lowest BCUT2D eigenvalue weighted by Gasteiger charge is -2.41. The average molecular weight is 1210 g/mol. The first-order valence-electron chi connectivity index (χ1n) is 37.5. The Morgan fingerprint density at radius 2 is 0.765 bits per heavy atom. The van der Waals surface area contributed by atoms with Crippen LogP contribution in [0.2, 0.25) is 0 Å². The van der Waals surface area contributed by atoms with Crippen molar-refractivity contribution in [1.29, 1.82) is 0 Å². The van der Waals surface area contributed by atoms with Gasteiger partial charge < -0.3 is 45.1 Å². The van der Waals surface area contributed by atoms with Gasteiger partial charge in [-0.15, -0.1) is 0 Å². The SMILES string of the molecule is CCCCCCCCCCC/C=C/C(O)C(COC1OC(CO)C(O)C(O)C1OC(=O)CCCCCCCCCCCCCCCCCCCCCCCCCCCCC)NC(=O)C(O)CCCCCCCCCCCCCCCCCCCC. The van der Waals surface area contributed by atoms with Crippen molar-refractivity contribution in [2.24, 2.45) is 0 Å². The Hall–Kier alpha value is -1.60. The molecular formula is C74H143NO10. The molecule has 1 fully saturated rings. The zero-order valence-electron chi connectivity index (χ0n) is 56.3. The predicted molar refractivity (Wildman–Crippen MR) is 357 cm³/mol. The summed E-state index contributed by atoms with van der Waals surface area (Å²) in [4.78, 5) is 26.7. The van der Waals surface area contributed by atoms with E-state index in [1.807, 2.05) is 6.08 Å². The van der Waals surface area contributed by atoms with Crippen LogP contribution in [0.4, 0.5) is 0 Å². The molecule has 8 unspecified atom stereocenters. The number of carbonyl (C=O) groups excluding carboxylic acids is 2. The Morgan fingerprint density at radius 3 is 1.11 bits per heavy atom. The van der Waals surface area contributed by atoms with Crippen LogP contribution in [0.5, 0.6) is 0 Å². The van der Waals surface area contributed by atoms with Crippen molar-refractivity contribution >= 4 is 11.9 Å². The number of nitrogens with one attached hydrogen (secondary N) is 1. The fourth-order valence-electron chi connectivity index (χ4n) is 12.3. The molecule has 1 saturated heterocycles. The Morgan fingerprint density at radius 1 is 0.447 bits per heavy atom. The highest BCUT2D eigenvalue weighted by Crippen LogP contribution is 2.27. The van der Waals surface area contributed by atoms with E-state index in [-0.39, 0.29) is 13.0 Å². The van der Waals surface area contributed by atoms with E-state index in [9.17, 15) is 35.1 Å². The molecule has 85 heavy (non-hydrogen) atoms. The molecule has 8 atom stereocenters. The van der Waals surface area contributed by atoms with E-state index in [0.717, 1.165) is 57.8 Å². The Bertz CT molecular complexity index is 1430. The molecule has 0 aromatic heterocycles. The minimum absolute atomic E-state index is 0.132. The molecule has 1 amide bonds. The van der Waals surface area contributed by atoms with Gasteiger partial charge in [-0.25, -0.2) is 0 Å². The van der Waals surface area contributed by atoms with Gasteiger partial charge in [0.2, 0.25) is 5.91 Å². The van der Waals surface area contributed by atoms with Gasteiger partial charge in [-0.05, 0) is 25.7 Å². The van der Waals surface area contributed by atoms with E-state index in [0.29, 0.717) is 19.3 Å². The molecule has 1 heterocycles. The lowest BCUT2D eigenvalue weighted by Crippen LogP contribution is -2.61. The molecule has 11 nitrogen and oxygen atoms in total. The van der Waals surface area contributed by atoms with Crippen LogP contribution in [0.15, 0.2) is 12.2 Å². The Kier molecular flexibility index (Phi) is 59.9. The monoisotopic (exact) mass is 1210 g/mol. The number of carbonyl (C=O) groups is 2. The molecule has 0 saturated carbocycles. The number of unbranched alkanes of at least 4 members (excludes halogenated alkanes) is 52. The van der Waals surface area contributed by atoms with Crippen molar-refractivity contribution in [1.82, 2.24) is 5.32 Å². The third-order valence-electron chi connectivity index (χ3n) is 18.2. The van der Waals surface area contributed by atoms with Crippen LogP contribution in [-0.4, -0.2) is 99.6 Å². The number of ether oxygens (including phenoxy) is 3. The maximum absolute atomic E-state index is 13.5. The molecule has 504 valence electrons. The van der Waals surface area contributed by atoms with Crippen molar-refractivity contribution in [3.05, 3.63) is 12.2 Å². The predicted octanol–water partition coefficient (Wildman–Crippen LogP) is 19.4. The number of hydrogen-bond acceptors (Lipinski definition) is 10. The number of rotatable bonds is 66. The Labute approximate surface area is 525 Å². The summed E-state index contributed by atoms with van der Waals surface area (Å²) in [6.45, 7) is 5.86. The van der Waals surface area contributed by atoms with E-state index in [1.54, 1.807) is 6.08 Å². The average Bonchev–Trinajstić information content (AvgIpc) is 2.64. The van der Waals surface area contributed by atoms with Crippen LogP contribution in [0.25, 0.3) is 0 Å². The summed E-state index contributed by atoms with van der Waals surface area (Å²) in [6, 6.07) is -1.02. The summed E-state index contributed by atoms with van der Waals surface area (Å²) >= 11 is 0. The zero-order valence-corrected chi connectivity index (χ0v) is 56.3. The van der Waals surface area contributed by atoms with Crippen molar-refractivity contribution in [2.75, 3.05) is 13.2 Å². The van der Waals surface area contributed by atoms with Gasteiger partial charge in [0.1, 0.15) is 24.4 Å². The second-order valence-corrected chi connectivity index (χ2v) is 26.4. The van der Waals surface area contributed by atoms with Crippen LogP contribution in [0, 0.1) is 0 Å². The first kappa shape index (κ1) is 81.4. The van der Waals surface area contributed by atoms with Crippen molar-refractivity contribution in [3.8, 4) is 0 Å². The van der Waals surface area contributed by atoms with Crippen LogP contribution in [-0.2, 0) is 23.8 Å². The lowest BCUT2D eigenvalue weighted by molar-refractivity contribution is -0.305. The smallest absolute Gasteiger partial charge is 0.306 e. The zero-order chi connectivity index (χ0) is 61.7. The van der Waals surface area contributed by atoms with Gasteiger partial charge in [0.15, 0.2) is 12.4 Å². The van der Waals surface area contributed by atoms with Gasteiger partial charge in [0.25, 0.3) is 0 Å². The molecule has 0 aromatic carbocycles. The van der Waals surface area contributed by atoms with Crippen LogP contribution in [0.1, 0.15) is 387 Å². The minimum atomic E-state index is -1.61. The highest BCUT2D eigenvalue weighted by molar-refractivity contribution is 5.80. The second-order valence-electron chi connectivity index (χ2n) is 26.4. The number of aliphatic hydroxyl groups excluding tert-OH is 5. The first-order chi connectivity index (χ1) is 41.7. The number of allylic oxidation sites excluding steroid dienone is 1. The molecule has 0 bridgehead atoms. The maximum atomic E-state index is 13.5. The summed E-state index contributed by atoms with van der Waals surface area (Å²) in [7, 11) is 0. The fraction of sp³-hybridized carbons (Fsp3) is 0.946. The molecule has 1 aliphatic heterocycles. The summed E-state index contributed by atoms with van der Waals surface area (Å²) in [6.07, 6.45) is 64.2. The standard InChI is InChI=1S/C74H143NO10/c1-4-7-10-13-16-19-22-24-26-28-30-31-32-33-34-35-36-37-38-40-42-44-47-50-53-56-59-62-69(79)85-72-71(81)70(80)68(63-76)84-74(72)83-64-65(66(77)60-57-54-51-48-45-21-18-15-12-9-6-3)75-73(82)67(78)61-58-55-52-49-46-43-41-39-29-27-25-23-20-17-14-11-8-5-2/h57,60,65-68,70-72,74,76-78,80-81H,4-56,58-59,61-64H2,1-3H3,(H,75,82)/b60-57+. The van der Waals surface area contributed by atoms with Crippen molar-refractivity contribution < 1.29 is 49.3 Å². The number of esters is 1. The highest BCUT2D eigenvalue weighted by Gasteiger charge is 2.47. The largest absolute Gasteiger partial charge is 0.454 e. The summed E-state index contributed by atoms with van der Waals surface area (Å²) in [5.74, 6) is -1.17. The van der Waals surface area contributed by atoms with Crippen LogP contribution in [0.3, 0.4) is 0 Å². The molecule has 1 aliphatic rings. The molecule has 0 aliphatic carbocycles. The number of amides is 1. The molecule has 0 spiro atoms. The summed E-state index contributed by atoms with van der Waals surface area (Å²) in [5, 5.41) is 57.2. The summed E-state index contributed by atoms with van der Waals surface area (Å²) in [5.41, 5.74) is 0. The van der Waals surface area contributed by atoms with Gasteiger partial charge in [0, 0.05) is 6.42 Å². The molecule has 1 rings (SSSR count). The maximum Gasteiger partial charge on any atom is 0.306 e. The molecule has 0 aromatic rings. The topological polar surface area (TPSA) is 175 Å². The van der Waals surface area contributed by atoms with E-state index >= 15 is 0 Å². The normalized spacial score (nSPS) is 18.3. The van der Waals surface area contributed by atoms with Gasteiger partial charge in [-0.3, -0.25) is 9.59 Å². The van der Waals surface area contributed by atoms with Crippen LogP contribution < -0.4 is 5.32 Å². The summed E-state index contributed by atoms with van der Waals surface area (Å²) < 4.78 is 17.7. The first-order valence-corrected chi connectivity index (χ1v) is 37.5. The molecule has 0 radical (unpaired) electrons. The fourth-order valence-corrected chi connectivity index (χ4v) is 12.3. The number of hydrogen-bond donors (Lipinski definition) is 6. The quantitative estimate of drug-likeness (QED) is 0.0195. The van der Waals surface area contributed by atoms with Gasteiger partial charge in [-0.1, -0.05) is 367 Å². The van der Waals surface area contributed by atoms with Crippen LogP contribution >= 0.6 is 0 Å². The second kappa shape index (κ2) is 62.6. The molecular weight excluding hydrogens is 1060 g/mol. The third kappa shape index (κ3) is 49.8. The van der Waals surface area contributed by atoms with E-state index in [2.05, 4.69) is 26.1 Å². The minimum Gasteiger partial charge on any atom is -0.454 e. The van der Waals surface area contributed by atoms with E-state index in [4.69, 9.17) is 14.2 Å². The molecule has 6 N–H and O–H groups in total. The highest BCUT2D eigenvalue weighted by atomic mass is 16.7. The molecule has 11 heteroatoms. The van der Waals surface area contributed by atoms with E-state index in [1.165, 1.54) is 283 Å².